The van der Waals surface area contributed by atoms with E-state index in [0.717, 1.165) is 29.9 Å². The highest BCUT2D eigenvalue weighted by molar-refractivity contribution is 6.32. The standard InChI is InChI=1S/C21H28ClNO2/c1-3-4-25-20-18(22)8-17(9-19(20)24-2)13-23-21-10-14-5-15(11-21)7-16(6-14)12-21/h3,8-9,14-16,23H,1,4-7,10-13H2,2H3. The molecule has 0 atom stereocenters. The molecule has 1 aromatic carbocycles. The van der Waals surface area contributed by atoms with Gasteiger partial charge >= 0.3 is 0 Å². The minimum absolute atomic E-state index is 0.354. The summed E-state index contributed by atoms with van der Waals surface area (Å²) in [6.45, 7) is 4.93. The topological polar surface area (TPSA) is 30.5 Å². The summed E-state index contributed by atoms with van der Waals surface area (Å²) in [5.41, 5.74) is 1.51. The zero-order valence-corrected chi connectivity index (χ0v) is 15.8. The second-order valence-electron chi connectivity index (χ2n) is 8.26. The monoisotopic (exact) mass is 361 g/mol. The Labute approximate surface area is 155 Å². The lowest BCUT2D eigenvalue weighted by molar-refractivity contribution is -0.0206. The molecule has 5 rings (SSSR count). The van der Waals surface area contributed by atoms with E-state index < -0.39 is 0 Å². The maximum atomic E-state index is 6.44. The van der Waals surface area contributed by atoms with Crippen LogP contribution in [0, 0.1) is 17.8 Å². The predicted octanol–water partition coefficient (Wildman–Crippen LogP) is 4.97. The number of methoxy groups -OCH3 is 1. The molecule has 4 aliphatic carbocycles. The van der Waals surface area contributed by atoms with Crippen LogP contribution in [0.4, 0.5) is 0 Å². The van der Waals surface area contributed by atoms with Crippen LogP contribution < -0.4 is 14.8 Å². The average molecular weight is 362 g/mol. The number of nitrogens with one attached hydrogen (secondary N) is 1. The van der Waals surface area contributed by atoms with Crippen molar-refractivity contribution < 1.29 is 9.47 Å². The van der Waals surface area contributed by atoms with E-state index in [1.807, 2.05) is 12.1 Å². The van der Waals surface area contributed by atoms with Crippen molar-refractivity contribution in [1.29, 1.82) is 0 Å². The van der Waals surface area contributed by atoms with Crippen LogP contribution >= 0.6 is 11.6 Å². The number of benzene rings is 1. The first-order valence-corrected chi connectivity index (χ1v) is 9.84. The Morgan fingerprint density at radius 2 is 1.84 bits per heavy atom. The van der Waals surface area contributed by atoms with Gasteiger partial charge in [0.1, 0.15) is 6.61 Å². The molecule has 4 aliphatic rings. The fourth-order valence-corrected chi connectivity index (χ4v) is 6.06. The first-order valence-electron chi connectivity index (χ1n) is 9.46. The molecule has 1 aromatic rings. The summed E-state index contributed by atoms with van der Waals surface area (Å²) < 4.78 is 11.1. The van der Waals surface area contributed by atoms with E-state index in [2.05, 4.69) is 11.9 Å². The second kappa shape index (κ2) is 6.85. The Bertz CT molecular complexity index is 622. The Morgan fingerprint density at radius 3 is 2.40 bits per heavy atom. The van der Waals surface area contributed by atoms with E-state index in [1.54, 1.807) is 13.2 Å². The lowest BCUT2D eigenvalue weighted by Gasteiger charge is -2.57. The van der Waals surface area contributed by atoms with Gasteiger partial charge in [0.05, 0.1) is 12.1 Å². The summed E-state index contributed by atoms with van der Waals surface area (Å²) in [6, 6.07) is 4.04. The van der Waals surface area contributed by atoms with Gasteiger partial charge in [0.25, 0.3) is 0 Å². The molecule has 0 spiro atoms. The summed E-state index contributed by atoms with van der Waals surface area (Å²) in [5, 5.41) is 4.51. The molecule has 0 heterocycles. The molecule has 25 heavy (non-hydrogen) atoms. The SMILES string of the molecule is C=CCOc1c(Cl)cc(CNC23CC4CC(CC(C4)C2)C3)cc1OC. The van der Waals surface area contributed by atoms with Gasteiger partial charge in [-0.1, -0.05) is 24.3 Å². The van der Waals surface area contributed by atoms with Gasteiger partial charge in [-0.3, -0.25) is 0 Å². The van der Waals surface area contributed by atoms with Crippen LogP contribution in [0.25, 0.3) is 0 Å². The largest absolute Gasteiger partial charge is 0.493 e. The fraction of sp³-hybridized carbons (Fsp3) is 0.619. The third-order valence-electron chi connectivity index (χ3n) is 6.34. The van der Waals surface area contributed by atoms with Gasteiger partial charge in [-0.15, -0.1) is 0 Å². The van der Waals surface area contributed by atoms with Crippen molar-refractivity contribution >= 4 is 11.6 Å². The van der Waals surface area contributed by atoms with Crippen LogP contribution in [-0.4, -0.2) is 19.3 Å². The Kier molecular flexibility index (Phi) is 4.72. The van der Waals surface area contributed by atoms with Crippen LogP contribution in [0.3, 0.4) is 0 Å². The van der Waals surface area contributed by atoms with E-state index in [1.165, 1.54) is 38.5 Å². The quantitative estimate of drug-likeness (QED) is 0.695. The highest BCUT2D eigenvalue weighted by atomic mass is 35.5. The van der Waals surface area contributed by atoms with Gasteiger partial charge in [-0.05, 0) is 74.0 Å². The first-order chi connectivity index (χ1) is 12.1. The number of ether oxygens (including phenoxy) is 2. The smallest absolute Gasteiger partial charge is 0.180 e. The van der Waals surface area contributed by atoms with Crippen LogP contribution in [0.15, 0.2) is 24.8 Å². The van der Waals surface area contributed by atoms with Crippen molar-refractivity contribution in [3.63, 3.8) is 0 Å². The molecule has 3 nitrogen and oxygen atoms in total. The van der Waals surface area contributed by atoms with E-state index in [4.69, 9.17) is 21.1 Å². The van der Waals surface area contributed by atoms with Gasteiger partial charge in [-0.25, -0.2) is 0 Å². The highest BCUT2D eigenvalue weighted by Crippen LogP contribution is 2.55. The number of rotatable bonds is 7. The van der Waals surface area contributed by atoms with Gasteiger partial charge < -0.3 is 14.8 Å². The number of hydrogen-bond acceptors (Lipinski definition) is 3. The van der Waals surface area contributed by atoms with Crippen LogP contribution in [0.2, 0.25) is 5.02 Å². The van der Waals surface area contributed by atoms with E-state index >= 15 is 0 Å². The average Bonchev–Trinajstić information content (AvgIpc) is 2.57. The Balaban J connectivity index is 1.48. The third-order valence-corrected chi connectivity index (χ3v) is 6.62. The van der Waals surface area contributed by atoms with E-state index in [0.29, 0.717) is 28.7 Å². The minimum Gasteiger partial charge on any atom is -0.493 e. The Morgan fingerprint density at radius 1 is 1.20 bits per heavy atom. The van der Waals surface area contributed by atoms with Crippen LogP contribution in [-0.2, 0) is 6.54 Å². The van der Waals surface area contributed by atoms with Crippen molar-refractivity contribution in [2.24, 2.45) is 17.8 Å². The molecule has 1 N–H and O–H groups in total. The molecule has 136 valence electrons. The summed E-state index contributed by atoms with van der Waals surface area (Å²) in [7, 11) is 1.66. The highest BCUT2D eigenvalue weighted by Gasteiger charge is 2.50. The summed E-state index contributed by atoms with van der Waals surface area (Å²) in [6.07, 6.45) is 10.2. The van der Waals surface area contributed by atoms with Gasteiger partial charge in [0, 0.05) is 12.1 Å². The molecule has 0 unspecified atom stereocenters. The van der Waals surface area contributed by atoms with Gasteiger partial charge in [-0.2, -0.15) is 0 Å². The number of hydrogen-bond donors (Lipinski definition) is 1. The maximum Gasteiger partial charge on any atom is 0.180 e. The molecular formula is C21H28ClNO2. The van der Waals surface area contributed by atoms with Gasteiger partial charge in [0.2, 0.25) is 0 Å². The minimum atomic E-state index is 0.354. The predicted molar refractivity (Wildman–Crippen MR) is 101 cm³/mol. The molecule has 4 heteroatoms. The fourth-order valence-electron chi connectivity index (χ4n) is 5.77. The van der Waals surface area contributed by atoms with E-state index in [-0.39, 0.29) is 0 Å². The molecule has 0 amide bonds. The molecule has 4 bridgehead atoms. The lowest BCUT2D eigenvalue weighted by Crippen LogP contribution is -2.58. The summed E-state index contributed by atoms with van der Waals surface area (Å²) >= 11 is 6.44. The molecule has 0 radical (unpaired) electrons. The van der Waals surface area contributed by atoms with Crippen molar-refractivity contribution in [2.75, 3.05) is 13.7 Å². The first kappa shape index (κ1) is 17.2. The molecule has 0 aliphatic heterocycles. The Hall–Kier alpha value is -1.19. The zero-order chi connectivity index (χ0) is 17.4. The van der Waals surface area contributed by atoms with Crippen molar-refractivity contribution in [3.05, 3.63) is 35.4 Å². The van der Waals surface area contributed by atoms with Crippen molar-refractivity contribution in [1.82, 2.24) is 5.32 Å². The molecule has 4 fully saturated rings. The maximum absolute atomic E-state index is 6.44. The van der Waals surface area contributed by atoms with Gasteiger partial charge in [0.15, 0.2) is 11.5 Å². The molecule has 0 aromatic heterocycles. The van der Waals surface area contributed by atoms with E-state index in [9.17, 15) is 0 Å². The number of halogens is 1. The normalized spacial score (nSPS) is 32.6. The lowest BCUT2D eigenvalue weighted by atomic mass is 9.53. The summed E-state index contributed by atoms with van der Waals surface area (Å²) in [4.78, 5) is 0. The van der Waals surface area contributed by atoms with Crippen molar-refractivity contribution in [2.45, 2.75) is 50.6 Å². The van der Waals surface area contributed by atoms with Crippen LogP contribution in [0.1, 0.15) is 44.1 Å². The molecule has 4 saturated carbocycles. The van der Waals surface area contributed by atoms with Crippen LogP contribution in [0.5, 0.6) is 11.5 Å². The van der Waals surface area contributed by atoms with Crippen molar-refractivity contribution in [3.8, 4) is 11.5 Å². The zero-order valence-electron chi connectivity index (χ0n) is 15.0. The molecule has 0 saturated heterocycles. The summed E-state index contributed by atoms with van der Waals surface area (Å²) in [5.74, 6) is 4.14. The molecular weight excluding hydrogens is 334 g/mol. The third kappa shape index (κ3) is 3.41. The second-order valence-corrected chi connectivity index (χ2v) is 8.67.